The predicted molar refractivity (Wildman–Crippen MR) is 76.8 cm³/mol. The highest BCUT2D eigenvalue weighted by molar-refractivity contribution is 5.96. The van der Waals surface area contributed by atoms with Gasteiger partial charge in [0.1, 0.15) is 6.61 Å². The Balaban J connectivity index is 1.70. The maximum Gasteiger partial charge on any atom is 0.411 e. The van der Waals surface area contributed by atoms with Gasteiger partial charge in [-0.15, -0.1) is 0 Å². The van der Waals surface area contributed by atoms with E-state index in [1.807, 2.05) is 30.3 Å². The van der Waals surface area contributed by atoms with Gasteiger partial charge in [0.15, 0.2) is 11.8 Å². The summed E-state index contributed by atoms with van der Waals surface area (Å²) in [5, 5.41) is 0. The number of β-lactam (4-membered cyclic amide) rings is 1. The van der Waals surface area contributed by atoms with Crippen LogP contribution in [-0.4, -0.2) is 53.3 Å². The van der Waals surface area contributed by atoms with Crippen molar-refractivity contribution in [2.24, 2.45) is 0 Å². The standard InChI is InChI=1S/C16H18N2O4/c1-16(13(19)17-8-5-9-21-14(16)17)18-12(10-22-15(18)20)11-6-3-2-4-7-11/h2-4,6-7,12,14H,5,8-10H2,1H3/t12-,14+,16-/m0/s1. The van der Waals surface area contributed by atoms with Crippen LogP contribution in [0.25, 0.3) is 0 Å². The molecule has 0 spiro atoms. The van der Waals surface area contributed by atoms with E-state index in [-0.39, 0.29) is 24.8 Å². The fourth-order valence-corrected chi connectivity index (χ4v) is 3.72. The molecule has 0 aromatic heterocycles. The summed E-state index contributed by atoms with van der Waals surface area (Å²) in [6.07, 6.45) is 0.0226. The van der Waals surface area contributed by atoms with Crippen LogP contribution in [0, 0.1) is 0 Å². The highest BCUT2D eigenvalue weighted by atomic mass is 16.6. The average molecular weight is 302 g/mol. The number of hydrogen-bond donors (Lipinski definition) is 0. The molecule has 3 aliphatic rings. The molecule has 3 atom stereocenters. The largest absolute Gasteiger partial charge is 0.447 e. The van der Waals surface area contributed by atoms with Gasteiger partial charge in [-0.3, -0.25) is 9.69 Å². The fraction of sp³-hybridized carbons (Fsp3) is 0.500. The fourth-order valence-electron chi connectivity index (χ4n) is 3.72. The van der Waals surface area contributed by atoms with Gasteiger partial charge < -0.3 is 14.4 Å². The van der Waals surface area contributed by atoms with Gasteiger partial charge >= 0.3 is 6.09 Å². The smallest absolute Gasteiger partial charge is 0.411 e. The summed E-state index contributed by atoms with van der Waals surface area (Å²) in [7, 11) is 0. The number of fused-ring (bicyclic) bond motifs is 1. The van der Waals surface area contributed by atoms with E-state index < -0.39 is 11.6 Å². The van der Waals surface area contributed by atoms with Gasteiger partial charge in [-0.1, -0.05) is 30.3 Å². The Morgan fingerprint density at radius 3 is 2.77 bits per heavy atom. The topological polar surface area (TPSA) is 59.1 Å². The summed E-state index contributed by atoms with van der Waals surface area (Å²) in [6.45, 7) is 3.35. The third kappa shape index (κ3) is 1.64. The summed E-state index contributed by atoms with van der Waals surface area (Å²) in [4.78, 5) is 28.2. The van der Waals surface area contributed by atoms with Crippen LogP contribution >= 0.6 is 0 Å². The van der Waals surface area contributed by atoms with Gasteiger partial charge in [-0.05, 0) is 18.9 Å². The number of amides is 2. The second-order valence-electron chi connectivity index (χ2n) is 6.10. The van der Waals surface area contributed by atoms with Crippen molar-refractivity contribution in [1.82, 2.24) is 9.80 Å². The van der Waals surface area contributed by atoms with E-state index in [0.717, 1.165) is 12.0 Å². The molecule has 6 heteroatoms. The third-order valence-corrected chi connectivity index (χ3v) is 4.83. The molecule has 3 aliphatic heterocycles. The van der Waals surface area contributed by atoms with Crippen molar-refractivity contribution >= 4 is 12.0 Å². The molecule has 0 saturated carbocycles. The van der Waals surface area contributed by atoms with Gasteiger partial charge in [0.2, 0.25) is 0 Å². The number of carbonyl (C=O) groups excluding carboxylic acids is 2. The normalized spacial score (nSPS) is 34.2. The van der Waals surface area contributed by atoms with Gasteiger partial charge in [-0.25, -0.2) is 4.79 Å². The zero-order valence-electron chi connectivity index (χ0n) is 12.4. The van der Waals surface area contributed by atoms with Crippen molar-refractivity contribution in [2.45, 2.75) is 31.2 Å². The van der Waals surface area contributed by atoms with Crippen molar-refractivity contribution in [3.8, 4) is 0 Å². The molecule has 0 aliphatic carbocycles. The van der Waals surface area contributed by atoms with Crippen molar-refractivity contribution in [3.05, 3.63) is 35.9 Å². The van der Waals surface area contributed by atoms with E-state index in [1.54, 1.807) is 16.7 Å². The minimum Gasteiger partial charge on any atom is -0.447 e. The van der Waals surface area contributed by atoms with Crippen molar-refractivity contribution in [2.75, 3.05) is 19.8 Å². The molecule has 0 bridgehead atoms. The predicted octanol–water partition coefficient (Wildman–Crippen LogP) is 1.53. The first-order valence-electron chi connectivity index (χ1n) is 7.58. The molecule has 1 aromatic rings. The Kier molecular flexibility index (Phi) is 2.91. The summed E-state index contributed by atoms with van der Waals surface area (Å²) in [5.74, 6) is -0.0584. The maximum absolute atomic E-state index is 12.6. The van der Waals surface area contributed by atoms with Crippen molar-refractivity contribution < 1.29 is 19.1 Å². The van der Waals surface area contributed by atoms with Gasteiger partial charge in [0.25, 0.3) is 5.91 Å². The zero-order chi connectivity index (χ0) is 15.3. The Morgan fingerprint density at radius 1 is 1.23 bits per heavy atom. The summed E-state index contributed by atoms with van der Waals surface area (Å²) >= 11 is 0. The van der Waals surface area contributed by atoms with E-state index in [0.29, 0.717) is 13.2 Å². The van der Waals surface area contributed by atoms with E-state index in [9.17, 15) is 9.59 Å². The first kappa shape index (κ1) is 13.6. The minimum atomic E-state index is -0.978. The molecular weight excluding hydrogens is 284 g/mol. The lowest BCUT2D eigenvalue weighted by atomic mass is 9.83. The first-order valence-corrected chi connectivity index (χ1v) is 7.58. The van der Waals surface area contributed by atoms with Crippen LogP contribution in [0.15, 0.2) is 30.3 Å². The molecule has 1 aromatic carbocycles. The second kappa shape index (κ2) is 4.71. The van der Waals surface area contributed by atoms with Crippen molar-refractivity contribution in [3.63, 3.8) is 0 Å². The number of cyclic esters (lactones) is 1. The molecule has 3 heterocycles. The Morgan fingerprint density at radius 2 is 2.00 bits per heavy atom. The SMILES string of the molecule is C[C@]1(N2C(=O)OC[C@H]2c2ccccc2)C(=O)N2CCCO[C@@H]21. The van der Waals surface area contributed by atoms with Gasteiger partial charge in [0, 0.05) is 6.54 Å². The summed E-state index contributed by atoms with van der Waals surface area (Å²) in [5.41, 5.74) is -0.00856. The quantitative estimate of drug-likeness (QED) is 0.777. The van der Waals surface area contributed by atoms with Crippen LogP contribution in [0.2, 0.25) is 0 Å². The number of benzene rings is 1. The molecule has 4 rings (SSSR count). The van der Waals surface area contributed by atoms with Crippen LogP contribution in [0.3, 0.4) is 0 Å². The molecule has 22 heavy (non-hydrogen) atoms. The molecule has 0 radical (unpaired) electrons. The molecule has 0 unspecified atom stereocenters. The lowest BCUT2D eigenvalue weighted by Gasteiger charge is -2.58. The van der Waals surface area contributed by atoms with E-state index in [2.05, 4.69) is 0 Å². The Labute approximate surface area is 128 Å². The van der Waals surface area contributed by atoms with E-state index in [1.165, 1.54) is 0 Å². The molecule has 116 valence electrons. The highest BCUT2D eigenvalue weighted by Crippen LogP contribution is 2.45. The zero-order valence-corrected chi connectivity index (χ0v) is 12.4. The van der Waals surface area contributed by atoms with Crippen molar-refractivity contribution in [1.29, 1.82) is 0 Å². The van der Waals surface area contributed by atoms with Gasteiger partial charge in [-0.2, -0.15) is 0 Å². The summed E-state index contributed by atoms with van der Waals surface area (Å²) in [6, 6.07) is 9.41. The van der Waals surface area contributed by atoms with Crippen LogP contribution in [0.4, 0.5) is 4.79 Å². The Bertz CT molecular complexity index is 620. The minimum absolute atomic E-state index is 0.0584. The molecule has 3 saturated heterocycles. The van der Waals surface area contributed by atoms with E-state index >= 15 is 0 Å². The van der Waals surface area contributed by atoms with E-state index in [4.69, 9.17) is 9.47 Å². The first-order chi connectivity index (χ1) is 10.6. The monoisotopic (exact) mass is 302 g/mol. The second-order valence-corrected chi connectivity index (χ2v) is 6.10. The van der Waals surface area contributed by atoms with Gasteiger partial charge in [0.05, 0.1) is 12.6 Å². The average Bonchev–Trinajstić information content (AvgIpc) is 2.96. The number of rotatable bonds is 2. The van der Waals surface area contributed by atoms with Crippen LogP contribution in [-0.2, 0) is 14.3 Å². The number of carbonyl (C=O) groups is 2. The lowest BCUT2D eigenvalue weighted by Crippen LogP contribution is -2.80. The van der Waals surface area contributed by atoms with Crippen LogP contribution < -0.4 is 0 Å². The molecule has 3 fully saturated rings. The lowest BCUT2D eigenvalue weighted by molar-refractivity contribution is -0.232. The highest BCUT2D eigenvalue weighted by Gasteiger charge is 2.66. The molecule has 2 amide bonds. The molecular formula is C16H18N2O4. The van der Waals surface area contributed by atoms with Crippen LogP contribution in [0.1, 0.15) is 24.9 Å². The number of nitrogens with zero attached hydrogens (tertiary/aromatic N) is 2. The Hall–Kier alpha value is -2.08. The number of ether oxygens (including phenoxy) is 2. The third-order valence-electron chi connectivity index (χ3n) is 4.83. The molecule has 0 N–H and O–H groups in total. The summed E-state index contributed by atoms with van der Waals surface area (Å²) < 4.78 is 11.0. The molecule has 6 nitrogen and oxygen atoms in total. The van der Waals surface area contributed by atoms with Crippen LogP contribution in [0.5, 0.6) is 0 Å². The number of hydrogen-bond acceptors (Lipinski definition) is 4. The maximum atomic E-state index is 12.6.